The fourth-order valence-electron chi connectivity index (χ4n) is 3.10. The lowest BCUT2D eigenvalue weighted by Gasteiger charge is -2.09. The third-order valence-corrected chi connectivity index (χ3v) is 4.71. The second kappa shape index (κ2) is 8.41. The van der Waals surface area contributed by atoms with E-state index in [9.17, 15) is 26.7 Å². The smallest absolute Gasteiger partial charge is 0.261 e. The van der Waals surface area contributed by atoms with Gasteiger partial charge in [0.1, 0.15) is 11.1 Å². The molecular formula is C22H13F5N2O4. The van der Waals surface area contributed by atoms with Crippen LogP contribution in [0.3, 0.4) is 0 Å². The Kier molecular flexibility index (Phi) is 5.62. The Bertz CT molecular complexity index is 1370. The number of hydrogen-bond donors (Lipinski definition) is 1. The molecule has 1 amide bonds. The van der Waals surface area contributed by atoms with Crippen LogP contribution >= 0.6 is 0 Å². The van der Waals surface area contributed by atoms with E-state index >= 15 is 0 Å². The minimum atomic E-state index is -2.35. The maximum atomic E-state index is 13.9. The minimum Gasteiger partial charge on any atom is -0.493 e. The molecule has 3 aromatic carbocycles. The van der Waals surface area contributed by atoms with E-state index in [1.165, 1.54) is 32.4 Å². The molecule has 0 bridgehead atoms. The zero-order valence-corrected chi connectivity index (χ0v) is 16.9. The van der Waals surface area contributed by atoms with E-state index in [0.717, 1.165) is 0 Å². The predicted octanol–water partition coefficient (Wildman–Crippen LogP) is 5.46. The van der Waals surface area contributed by atoms with Crippen molar-refractivity contribution in [2.24, 2.45) is 0 Å². The van der Waals surface area contributed by atoms with Crippen LogP contribution in [0, 0.1) is 29.1 Å². The number of nitrogens with zero attached hydrogens (tertiary/aromatic N) is 1. The van der Waals surface area contributed by atoms with Gasteiger partial charge in [0.05, 0.1) is 14.2 Å². The maximum absolute atomic E-state index is 13.9. The van der Waals surface area contributed by atoms with Gasteiger partial charge in [-0.05, 0) is 36.4 Å². The van der Waals surface area contributed by atoms with Gasteiger partial charge in [-0.3, -0.25) is 4.79 Å². The highest BCUT2D eigenvalue weighted by molar-refractivity contribution is 6.05. The molecular weight excluding hydrogens is 451 g/mol. The number of anilines is 1. The summed E-state index contributed by atoms with van der Waals surface area (Å²) in [6.07, 6.45) is 0. The summed E-state index contributed by atoms with van der Waals surface area (Å²) in [5, 5.41) is 2.10. The second-order valence-electron chi connectivity index (χ2n) is 6.67. The van der Waals surface area contributed by atoms with Crippen LogP contribution in [-0.4, -0.2) is 25.1 Å². The zero-order chi connectivity index (χ0) is 23.9. The van der Waals surface area contributed by atoms with E-state index in [2.05, 4.69) is 10.3 Å². The first-order chi connectivity index (χ1) is 15.7. The van der Waals surface area contributed by atoms with Crippen molar-refractivity contribution in [3.8, 4) is 23.0 Å². The molecule has 0 spiro atoms. The molecule has 0 aliphatic carbocycles. The second-order valence-corrected chi connectivity index (χ2v) is 6.67. The van der Waals surface area contributed by atoms with Crippen LogP contribution in [-0.2, 0) is 0 Å². The lowest BCUT2D eigenvalue weighted by atomic mass is 10.1. The number of fused-ring (bicyclic) bond motifs is 1. The van der Waals surface area contributed by atoms with Gasteiger partial charge in [-0.15, -0.1) is 0 Å². The molecule has 1 aromatic heterocycles. The third-order valence-electron chi connectivity index (χ3n) is 4.71. The summed E-state index contributed by atoms with van der Waals surface area (Å²) in [7, 11) is 2.95. The number of ether oxygens (including phenoxy) is 2. The Hall–Kier alpha value is -4.15. The van der Waals surface area contributed by atoms with Crippen molar-refractivity contribution < 1.29 is 40.6 Å². The summed E-state index contributed by atoms with van der Waals surface area (Å²) >= 11 is 0. The van der Waals surface area contributed by atoms with E-state index in [4.69, 9.17) is 13.9 Å². The molecule has 0 aliphatic heterocycles. The number of halogens is 5. The van der Waals surface area contributed by atoms with Crippen LogP contribution in [0.25, 0.3) is 22.6 Å². The minimum absolute atomic E-state index is 0.0106. The number of oxazole rings is 1. The number of amides is 1. The van der Waals surface area contributed by atoms with Crippen LogP contribution in [0.4, 0.5) is 27.6 Å². The summed E-state index contributed by atoms with van der Waals surface area (Å²) in [6.45, 7) is 0. The summed E-state index contributed by atoms with van der Waals surface area (Å²) in [4.78, 5) is 16.5. The number of nitrogens with one attached hydrogen (secondary N) is 1. The number of benzene rings is 3. The highest BCUT2D eigenvalue weighted by Gasteiger charge is 2.29. The van der Waals surface area contributed by atoms with Gasteiger partial charge in [0.25, 0.3) is 5.91 Å². The van der Waals surface area contributed by atoms with Crippen LogP contribution in [0.15, 0.2) is 40.8 Å². The SMILES string of the molecule is COc1ccc(-c2nc3cc(NC(=O)c4c(F)c(F)c(F)c(F)c4F)ccc3o2)cc1OC. The number of carbonyl (C=O) groups is 1. The number of aromatic nitrogens is 1. The topological polar surface area (TPSA) is 73.6 Å². The number of rotatable bonds is 5. The Balaban J connectivity index is 1.66. The van der Waals surface area contributed by atoms with Crippen molar-refractivity contribution in [2.45, 2.75) is 0 Å². The van der Waals surface area contributed by atoms with Crippen LogP contribution in [0.2, 0.25) is 0 Å². The van der Waals surface area contributed by atoms with E-state index < -0.39 is 40.6 Å². The highest BCUT2D eigenvalue weighted by atomic mass is 19.2. The standard InChI is InChI=1S/C22H13F5N2O4/c1-31-13-5-3-9(7-14(13)32-2)22-29-11-8-10(4-6-12(11)33-22)28-21(30)15-16(23)18(25)20(27)19(26)17(15)24/h3-8H,1-2H3,(H,28,30). The van der Waals surface area contributed by atoms with Crippen LogP contribution in [0.1, 0.15) is 10.4 Å². The third kappa shape index (κ3) is 3.81. The normalized spacial score (nSPS) is 11.0. The van der Waals surface area contributed by atoms with E-state index in [0.29, 0.717) is 22.6 Å². The van der Waals surface area contributed by atoms with Gasteiger partial charge < -0.3 is 19.2 Å². The highest BCUT2D eigenvalue weighted by Crippen LogP contribution is 2.34. The maximum Gasteiger partial charge on any atom is 0.261 e. The van der Waals surface area contributed by atoms with Gasteiger partial charge in [0.2, 0.25) is 11.7 Å². The Labute approximate surface area is 182 Å². The molecule has 1 N–H and O–H groups in total. The first kappa shape index (κ1) is 22.1. The average molecular weight is 464 g/mol. The molecule has 11 heteroatoms. The molecule has 0 unspecified atom stereocenters. The number of carbonyl (C=O) groups excluding carboxylic acids is 1. The molecule has 4 rings (SSSR count). The van der Waals surface area contributed by atoms with Gasteiger partial charge in [0, 0.05) is 11.3 Å². The van der Waals surface area contributed by atoms with E-state index in [1.54, 1.807) is 18.2 Å². The van der Waals surface area contributed by atoms with Crippen molar-refractivity contribution in [1.29, 1.82) is 0 Å². The lowest BCUT2D eigenvalue weighted by Crippen LogP contribution is -2.19. The largest absolute Gasteiger partial charge is 0.493 e. The van der Waals surface area contributed by atoms with E-state index in [-0.39, 0.29) is 17.1 Å². The van der Waals surface area contributed by atoms with Crippen molar-refractivity contribution >= 4 is 22.7 Å². The molecule has 0 atom stereocenters. The van der Waals surface area contributed by atoms with E-state index in [1.807, 2.05) is 0 Å². The molecule has 0 saturated carbocycles. The Morgan fingerprint density at radius 2 is 1.48 bits per heavy atom. The lowest BCUT2D eigenvalue weighted by molar-refractivity contribution is 0.101. The molecule has 0 saturated heterocycles. The molecule has 6 nitrogen and oxygen atoms in total. The van der Waals surface area contributed by atoms with Crippen molar-refractivity contribution in [3.63, 3.8) is 0 Å². The molecule has 0 aliphatic rings. The molecule has 0 radical (unpaired) electrons. The molecule has 4 aromatic rings. The molecule has 33 heavy (non-hydrogen) atoms. The summed E-state index contributed by atoms with van der Waals surface area (Å²) in [5.41, 5.74) is -0.485. The molecule has 0 fully saturated rings. The summed E-state index contributed by atoms with van der Waals surface area (Å²) in [5.74, 6) is -11.6. The predicted molar refractivity (Wildman–Crippen MR) is 107 cm³/mol. The Morgan fingerprint density at radius 1 is 0.848 bits per heavy atom. The fourth-order valence-corrected chi connectivity index (χ4v) is 3.10. The van der Waals surface area contributed by atoms with Crippen molar-refractivity contribution in [1.82, 2.24) is 4.98 Å². The monoisotopic (exact) mass is 464 g/mol. The first-order valence-electron chi connectivity index (χ1n) is 9.21. The quantitative estimate of drug-likeness (QED) is 0.241. The average Bonchev–Trinajstić information content (AvgIpc) is 3.24. The fraction of sp³-hybridized carbons (Fsp3) is 0.0909. The molecule has 1 heterocycles. The van der Waals surface area contributed by atoms with Gasteiger partial charge in [-0.2, -0.15) is 0 Å². The first-order valence-corrected chi connectivity index (χ1v) is 9.21. The molecule has 170 valence electrons. The van der Waals surface area contributed by atoms with Crippen LogP contribution in [0.5, 0.6) is 11.5 Å². The summed E-state index contributed by atoms with van der Waals surface area (Å²) in [6, 6.07) is 9.01. The number of methoxy groups -OCH3 is 2. The summed E-state index contributed by atoms with van der Waals surface area (Å²) < 4.78 is 83.9. The zero-order valence-electron chi connectivity index (χ0n) is 16.9. The van der Waals surface area contributed by atoms with Crippen molar-refractivity contribution in [3.05, 3.63) is 71.0 Å². The van der Waals surface area contributed by atoms with Gasteiger partial charge in [0.15, 0.2) is 40.4 Å². The van der Waals surface area contributed by atoms with Crippen LogP contribution < -0.4 is 14.8 Å². The number of hydrogen-bond acceptors (Lipinski definition) is 5. The van der Waals surface area contributed by atoms with Gasteiger partial charge >= 0.3 is 0 Å². The van der Waals surface area contributed by atoms with Gasteiger partial charge in [-0.25, -0.2) is 26.9 Å². The van der Waals surface area contributed by atoms with Gasteiger partial charge in [-0.1, -0.05) is 0 Å². The Morgan fingerprint density at radius 3 is 2.12 bits per heavy atom. The van der Waals surface area contributed by atoms with Crippen molar-refractivity contribution in [2.75, 3.05) is 19.5 Å².